The molecule has 0 amide bonds. The van der Waals surface area contributed by atoms with Crippen LogP contribution in [0.1, 0.15) is 51.3 Å². The Morgan fingerprint density at radius 2 is 1.55 bits per heavy atom. The van der Waals surface area contributed by atoms with Crippen LogP contribution >= 0.6 is 0 Å². The number of carbonyl (C=O) groups excluding carboxylic acids is 1. The number of aromatic carboxylic acids is 1. The third-order valence-electron chi connectivity index (χ3n) is 8.22. The van der Waals surface area contributed by atoms with Crippen LogP contribution in [0.3, 0.4) is 0 Å². The van der Waals surface area contributed by atoms with E-state index in [9.17, 15) is 14.7 Å². The van der Waals surface area contributed by atoms with Crippen molar-refractivity contribution in [2.75, 3.05) is 23.3 Å². The van der Waals surface area contributed by atoms with Gasteiger partial charge >= 0.3 is 11.9 Å². The summed E-state index contributed by atoms with van der Waals surface area (Å²) in [4.78, 5) is 27.7. The number of benzene rings is 5. The smallest absolute Gasteiger partial charge is 0.340 e. The molecular formula is C35H28N2O5. The quantitative estimate of drug-likeness (QED) is 0.207. The zero-order chi connectivity index (χ0) is 29.0. The lowest BCUT2D eigenvalue weighted by Gasteiger charge is -2.37. The number of carbonyl (C=O) groups is 2. The second-order valence-electron chi connectivity index (χ2n) is 10.5. The van der Waals surface area contributed by atoms with Crippen LogP contribution in [0.5, 0.6) is 11.5 Å². The van der Waals surface area contributed by atoms with Gasteiger partial charge in [-0.15, -0.1) is 0 Å². The third-order valence-corrected chi connectivity index (χ3v) is 8.22. The topological polar surface area (TPSA) is 88.1 Å². The van der Waals surface area contributed by atoms with E-state index in [1.165, 1.54) is 0 Å². The number of hydrogen-bond acceptors (Lipinski definition) is 6. The van der Waals surface area contributed by atoms with E-state index in [4.69, 9.17) is 9.47 Å². The Labute approximate surface area is 242 Å². The van der Waals surface area contributed by atoms with Gasteiger partial charge in [-0.25, -0.2) is 9.59 Å². The van der Waals surface area contributed by atoms with E-state index in [1.807, 2.05) is 84.9 Å². The van der Waals surface area contributed by atoms with Crippen LogP contribution in [0.15, 0.2) is 97.1 Å². The SMILES string of the molecule is CCN(CC)c1ccc2c(c1)Oc1ccc(Nc3cc4ccccc4cc3C(=O)O)cc1C21OC(=O)c2ccccc21. The molecule has 208 valence electrons. The molecule has 0 saturated heterocycles. The zero-order valence-corrected chi connectivity index (χ0v) is 23.2. The van der Waals surface area contributed by atoms with Crippen molar-refractivity contribution in [1.82, 2.24) is 0 Å². The molecule has 1 spiro atoms. The predicted molar refractivity (Wildman–Crippen MR) is 162 cm³/mol. The van der Waals surface area contributed by atoms with Crippen LogP contribution in [0.25, 0.3) is 10.8 Å². The summed E-state index contributed by atoms with van der Waals surface area (Å²) in [5.41, 5.74) is 3.68. The standard InChI is InChI=1S/C35H28N2O5/c1-3-37(4-2)24-14-15-28-32(20-24)41-31-16-13-23(19-29(31)35(28)27-12-8-7-11-25(27)34(40)42-35)36-30-18-22-10-6-5-9-21(22)17-26(30)33(38)39/h5-20,36H,3-4H2,1-2H3,(H,38,39). The average Bonchev–Trinajstić information content (AvgIpc) is 3.30. The normalized spacial score (nSPS) is 16.3. The minimum Gasteiger partial charge on any atom is -0.478 e. The van der Waals surface area contributed by atoms with Gasteiger partial charge < -0.3 is 24.8 Å². The highest BCUT2D eigenvalue weighted by molar-refractivity contribution is 6.02. The van der Waals surface area contributed by atoms with E-state index in [2.05, 4.69) is 24.1 Å². The summed E-state index contributed by atoms with van der Waals surface area (Å²) in [5.74, 6) is -0.248. The van der Waals surface area contributed by atoms with Gasteiger partial charge in [0.1, 0.15) is 11.5 Å². The van der Waals surface area contributed by atoms with Crippen LogP contribution in [-0.4, -0.2) is 30.1 Å². The molecule has 5 aromatic carbocycles. The van der Waals surface area contributed by atoms with E-state index >= 15 is 0 Å². The Morgan fingerprint density at radius 1 is 0.810 bits per heavy atom. The van der Waals surface area contributed by atoms with Gasteiger partial charge in [-0.3, -0.25) is 0 Å². The fraction of sp³-hybridized carbons (Fsp3) is 0.143. The molecule has 42 heavy (non-hydrogen) atoms. The molecule has 2 heterocycles. The molecule has 2 aliphatic rings. The highest BCUT2D eigenvalue weighted by Gasteiger charge is 2.53. The highest BCUT2D eigenvalue weighted by atomic mass is 16.6. The largest absolute Gasteiger partial charge is 0.478 e. The number of nitrogens with one attached hydrogen (secondary N) is 1. The number of rotatable bonds is 6. The minimum absolute atomic E-state index is 0.157. The summed E-state index contributed by atoms with van der Waals surface area (Å²) < 4.78 is 12.8. The molecule has 1 atom stereocenters. The van der Waals surface area contributed by atoms with Crippen LogP contribution < -0.4 is 15.0 Å². The number of ether oxygens (including phenoxy) is 2. The van der Waals surface area contributed by atoms with Crippen molar-refractivity contribution in [3.63, 3.8) is 0 Å². The third kappa shape index (κ3) is 3.81. The molecular weight excluding hydrogens is 528 g/mol. The van der Waals surface area contributed by atoms with Crippen molar-refractivity contribution in [3.8, 4) is 11.5 Å². The molecule has 7 heteroatoms. The Morgan fingerprint density at radius 3 is 2.31 bits per heavy atom. The van der Waals surface area contributed by atoms with E-state index in [1.54, 1.807) is 12.1 Å². The monoisotopic (exact) mass is 556 g/mol. The number of nitrogens with zero attached hydrogens (tertiary/aromatic N) is 1. The zero-order valence-electron chi connectivity index (χ0n) is 23.2. The van der Waals surface area contributed by atoms with Gasteiger partial charge in [-0.1, -0.05) is 42.5 Å². The number of hydrogen-bond donors (Lipinski definition) is 2. The summed E-state index contributed by atoms with van der Waals surface area (Å²) in [6.45, 7) is 5.90. The Kier molecular flexibility index (Phi) is 5.90. The van der Waals surface area contributed by atoms with Gasteiger partial charge in [0, 0.05) is 47.2 Å². The summed E-state index contributed by atoms with van der Waals surface area (Å²) in [6, 6.07) is 30.1. The molecule has 0 saturated carbocycles. The molecule has 1 unspecified atom stereocenters. The molecule has 2 N–H and O–H groups in total. The Bertz CT molecular complexity index is 1910. The number of fused-ring (bicyclic) bond motifs is 7. The molecule has 7 rings (SSSR count). The number of esters is 1. The first-order valence-corrected chi connectivity index (χ1v) is 14.0. The number of anilines is 3. The summed E-state index contributed by atoms with van der Waals surface area (Å²) >= 11 is 0. The van der Waals surface area contributed by atoms with E-state index in [0.717, 1.165) is 40.7 Å². The second-order valence-corrected chi connectivity index (χ2v) is 10.5. The maximum atomic E-state index is 13.3. The van der Waals surface area contributed by atoms with Crippen molar-refractivity contribution >= 4 is 39.8 Å². The number of carboxylic acids is 1. The lowest BCUT2D eigenvalue weighted by molar-refractivity contribution is 0.0224. The molecule has 0 aromatic heterocycles. The van der Waals surface area contributed by atoms with E-state index in [0.29, 0.717) is 34.0 Å². The minimum atomic E-state index is -1.23. The second kappa shape index (κ2) is 9.66. The van der Waals surface area contributed by atoms with Crippen LogP contribution in [0.4, 0.5) is 17.1 Å². The van der Waals surface area contributed by atoms with Gasteiger partial charge in [-0.05, 0) is 73.2 Å². The molecule has 0 radical (unpaired) electrons. The van der Waals surface area contributed by atoms with Crippen molar-refractivity contribution in [2.45, 2.75) is 19.4 Å². The summed E-state index contributed by atoms with van der Waals surface area (Å²) in [5, 5.41) is 15.1. The Hall–Kier alpha value is -5.30. The number of carboxylic acid groups (broad SMARTS) is 1. The molecule has 2 aliphatic heterocycles. The average molecular weight is 557 g/mol. The summed E-state index contributed by atoms with van der Waals surface area (Å²) in [6.07, 6.45) is 0. The van der Waals surface area contributed by atoms with Gasteiger partial charge in [-0.2, -0.15) is 0 Å². The fourth-order valence-corrected chi connectivity index (χ4v) is 6.20. The lowest BCUT2D eigenvalue weighted by atomic mass is 9.77. The lowest BCUT2D eigenvalue weighted by Crippen LogP contribution is -2.33. The Balaban J connectivity index is 1.40. The van der Waals surface area contributed by atoms with Crippen LogP contribution in [0.2, 0.25) is 0 Å². The molecule has 0 fully saturated rings. The van der Waals surface area contributed by atoms with E-state index < -0.39 is 17.5 Å². The van der Waals surface area contributed by atoms with Gasteiger partial charge in [0.2, 0.25) is 0 Å². The van der Waals surface area contributed by atoms with Gasteiger partial charge in [0.05, 0.1) is 16.8 Å². The van der Waals surface area contributed by atoms with Gasteiger partial charge in [0.15, 0.2) is 5.60 Å². The molecule has 0 bridgehead atoms. The first-order valence-electron chi connectivity index (χ1n) is 14.0. The molecule has 5 aromatic rings. The van der Waals surface area contributed by atoms with Gasteiger partial charge in [0.25, 0.3) is 0 Å². The van der Waals surface area contributed by atoms with Crippen molar-refractivity contribution in [1.29, 1.82) is 0 Å². The first kappa shape index (κ1) is 25.7. The maximum Gasteiger partial charge on any atom is 0.340 e. The predicted octanol–water partition coefficient (Wildman–Crippen LogP) is 7.70. The maximum absolute atomic E-state index is 13.3. The molecule has 7 nitrogen and oxygen atoms in total. The summed E-state index contributed by atoms with van der Waals surface area (Å²) in [7, 11) is 0. The van der Waals surface area contributed by atoms with Crippen molar-refractivity contribution in [3.05, 3.63) is 125 Å². The van der Waals surface area contributed by atoms with E-state index in [-0.39, 0.29) is 5.56 Å². The van der Waals surface area contributed by atoms with Crippen LogP contribution in [0, 0.1) is 0 Å². The first-order chi connectivity index (χ1) is 20.4. The fourth-order valence-electron chi connectivity index (χ4n) is 6.20. The van der Waals surface area contributed by atoms with Crippen LogP contribution in [-0.2, 0) is 10.3 Å². The molecule has 0 aliphatic carbocycles. The van der Waals surface area contributed by atoms with Crippen molar-refractivity contribution < 1.29 is 24.2 Å². The van der Waals surface area contributed by atoms with Crippen molar-refractivity contribution in [2.24, 2.45) is 0 Å². The highest BCUT2D eigenvalue weighted by Crippen LogP contribution is 2.57.